The van der Waals surface area contributed by atoms with Crippen molar-refractivity contribution in [3.8, 4) is 5.75 Å². The lowest BCUT2D eigenvalue weighted by atomic mass is 10.2. The minimum atomic E-state index is -0.0913. The molecule has 3 rings (SSSR count). The summed E-state index contributed by atoms with van der Waals surface area (Å²) in [6.45, 7) is 3.88. The Kier molecular flexibility index (Phi) is 5.43. The Morgan fingerprint density at radius 2 is 2.04 bits per heavy atom. The molecule has 24 heavy (non-hydrogen) atoms. The van der Waals surface area contributed by atoms with E-state index in [0.29, 0.717) is 4.88 Å². The van der Waals surface area contributed by atoms with Gasteiger partial charge in [-0.1, -0.05) is 6.07 Å². The van der Waals surface area contributed by atoms with E-state index in [1.807, 2.05) is 29.6 Å². The highest BCUT2D eigenvalue weighted by molar-refractivity contribution is 9.10. The topological polar surface area (TPSA) is 44.8 Å². The molecule has 1 N–H and O–H groups in total. The number of methoxy groups -OCH3 is 1. The van der Waals surface area contributed by atoms with Crippen molar-refractivity contribution >= 4 is 44.5 Å². The number of carbonyl (C=O) groups excluding carboxylic acids is 1. The lowest BCUT2D eigenvalue weighted by Crippen LogP contribution is -2.44. The van der Waals surface area contributed by atoms with Crippen LogP contribution < -0.4 is 15.0 Å². The quantitative estimate of drug-likeness (QED) is 0.838. The molecular weight excluding hydrogens is 390 g/mol. The molecule has 2 heterocycles. The molecule has 1 aliphatic rings. The zero-order chi connectivity index (χ0) is 17.1. The highest BCUT2D eigenvalue weighted by Gasteiger charge is 2.21. The van der Waals surface area contributed by atoms with E-state index < -0.39 is 0 Å². The number of hydrogen-bond donors (Lipinski definition) is 1. The molecule has 1 aromatic heterocycles. The zero-order valence-electron chi connectivity index (χ0n) is 13.7. The number of carbonyl (C=O) groups is 1. The van der Waals surface area contributed by atoms with Crippen LogP contribution in [0.5, 0.6) is 5.75 Å². The first-order chi connectivity index (χ1) is 11.6. The molecule has 128 valence electrons. The van der Waals surface area contributed by atoms with Gasteiger partial charge in [0.25, 0.3) is 5.91 Å². The van der Waals surface area contributed by atoms with E-state index in [1.54, 1.807) is 7.11 Å². The van der Waals surface area contributed by atoms with E-state index in [0.717, 1.165) is 47.8 Å². The van der Waals surface area contributed by atoms with Crippen molar-refractivity contribution in [2.24, 2.45) is 0 Å². The molecule has 1 amide bonds. The molecule has 5 nitrogen and oxygen atoms in total. The number of ether oxygens (including phenoxy) is 1. The van der Waals surface area contributed by atoms with Gasteiger partial charge in [0.1, 0.15) is 0 Å². The second kappa shape index (κ2) is 7.55. The Morgan fingerprint density at radius 3 is 2.67 bits per heavy atom. The van der Waals surface area contributed by atoms with Gasteiger partial charge in [0, 0.05) is 31.9 Å². The van der Waals surface area contributed by atoms with Gasteiger partial charge in [0.2, 0.25) is 0 Å². The van der Waals surface area contributed by atoms with E-state index in [4.69, 9.17) is 4.74 Å². The smallest absolute Gasteiger partial charge is 0.265 e. The van der Waals surface area contributed by atoms with Crippen LogP contribution in [0, 0.1) is 0 Å². The normalized spacial score (nSPS) is 15.4. The summed E-state index contributed by atoms with van der Waals surface area (Å²) in [5.74, 6) is 0.708. The number of piperazine rings is 1. The summed E-state index contributed by atoms with van der Waals surface area (Å²) in [6, 6.07) is 7.56. The number of amides is 1. The number of thiophene rings is 1. The standard InChI is InChI=1S/C17H20BrN3O2S/c1-20-5-7-21(8-6-20)14-11-12(10-13(18)16(14)23-2)19-17(22)15-4-3-9-24-15/h3-4,9-11H,5-8H2,1-2H3,(H,19,22). The highest BCUT2D eigenvalue weighted by atomic mass is 79.9. The molecule has 0 spiro atoms. The largest absolute Gasteiger partial charge is 0.493 e. The summed E-state index contributed by atoms with van der Waals surface area (Å²) < 4.78 is 6.41. The van der Waals surface area contributed by atoms with Gasteiger partial charge in [-0.25, -0.2) is 0 Å². The summed E-state index contributed by atoms with van der Waals surface area (Å²) in [6.07, 6.45) is 0. The highest BCUT2D eigenvalue weighted by Crippen LogP contribution is 2.39. The number of rotatable bonds is 4. The number of anilines is 2. The lowest BCUT2D eigenvalue weighted by Gasteiger charge is -2.35. The Morgan fingerprint density at radius 1 is 1.29 bits per heavy atom. The van der Waals surface area contributed by atoms with Gasteiger partial charge in [-0.05, 0) is 46.6 Å². The summed E-state index contributed by atoms with van der Waals surface area (Å²) in [7, 11) is 3.80. The maximum atomic E-state index is 12.3. The Bertz CT molecular complexity index is 713. The SMILES string of the molecule is COc1c(Br)cc(NC(=O)c2cccs2)cc1N1CCN(C)CC1. The average Bonchev–Trinajstić information content (AvgIpc) is 3.09. The van der Waals surface area contributed by atoms with Crippen LogP contribution in [-0.2, 0) is 0 Å². The van der Waals surface area contributed by atoms with Crippen LogP contribution in [0.25, 0.3) is 0 Å². The first kappa shape index (κ1) is 17.3. The molecule has 0 saturated carbocycles. The van der Waals surface area contributed by atoms with Crippen molar-refractivity contribution in [1.82, 2.24) is 4.90 Å². The fourth-order valence-electron chi connectivity index (χ4n) is 2.74. The lowest BCUT2D eigenvalue weighted by molar-refractivity contribution is 0.103. The summed E-state index contributed by atoms with van der Waals surface area (Å²) >= 11 is 4.99. The number of nitrogens with zero attached hydrogens (tertiary/aromatic N) is 2. The minimum Gasteiger partial charge on any atom is -0.493 e. The molecule has 0 radical (unpaired) electrons. The van der Waals surface area contributed by atoms with Crippen molar-refractivity contribution in [2.45, 2.75) is 0 Å². The van der Waals surface area contributed by atoms with E-state index in [9.17, 15) is 4.79 Å². The average molecular weight is 410 g/mol. The van der Waals surface area contributed by atoms with Gasteiger partial charge >= 0.3 is 0 Å². The summed E-state index contributed by atoms with van der Waals surface area (Å²) in [5, 5.41) is 4.87. The van der Waals surface area contributed by atoms with Gasteiger partial charge in [-0.3, -0.25) is 4.79 Å². The van der Waals surface area contributed by atoms with E-state index in [2.05, 4.69) is 38.1 Å². The van der Waals surface area contributed by atoms with Gasteiger partial charge < -0.3 is 19.9 Å². The molecule has 1 aliphatic heterocycles. The van der Waals surface area contributed by atoms with Crippen molar-refractivity contribution < 1.29 is 9.53 Å². The Labute approximate surface area is 154 Å². The van der Waals surface area contributed by atoms with Gasteiger partial charge in [0.05, 0.1) is 22.1 Å². The van der Waals surface area contributed by atoms with Crippen molar-refractivity contribution in [3.05, 3.63) is 39.0 Å². The first-order valence-corrected chi connectivity index (χ1v) is 9.41. The fraction of sp³-hybridized carbons (Fsp3) is 0.353. The fourth-order valence-corrected chi connectivity index (χ4v) is 3.97. The third-order valence-corrected chi connectivity index (χ3v) is 5.53. The number of benzene rings is 1. The maximum absolute atomic E-state index is 12.3. The van der Waals surface area contributed by atoms with Crippen LogP contribution in [0.15, 0.2) is 34.1 Å². The minimum absolute atomic E-state index is 0.0913. The molecule has 1 saturated heterocycles. The molecular formula is C17H20BrN3O2S. The van der Waals surface area contributed by atoms with Gasteiger partial charge in [-0.15, -0.1) is 11.3 Å². The van der Waals surface area contributed by atoms with Crippen LogP contribution in [0.1, 0.15) is 9.67 Å². The van der Waals surface area contributed by atoms with Crippen LogP contribution in [-0.4, -0.2) is 51.1 Å². The Balaban J connectivity index is 1.87. The molecule has 2 aromatic rings. The molecule has 1 fully saturated rings. The number of likely N-dealkylation sites (N-methyl/N-ethyl adjacent to an activating group) is 1. The molecule has 0 bridgehead atoms. The van der Waals surface area contributed by atoms with E-state index in [-0.39, 0.29) is 5.91 Å². The molecule has 1 aromatic carbocycles. The van der Waals surface area contributed by atoms with Crippen LogP contribution in [0.3, 0.4) is 0 Å². The first-order valence-electron chi connectivity index (χ1n) is 7.74. The summed E-state index contributed by atoms with van der Waals surface area (Å²) in [5.41, 5.74) is 1.76. The van der Waals surface area contributed by atoms with Crippen LogP contribution in [0.4, 0.5) is 11.4 Å². The van der Waals surface area contributed by atoms with E-state index in [1.165, 1.54) is 11.3 Å². The third kappa shape index (κ3) is 3.74. The number of halogens is 1. The second-order valence-corrected chi connectivity index (χ2v) is 7.53. The monoisotopic (exact) mass is 409 g/mol. The third-order valence-electron chi connectivity index (χ3n) is 4.07. The van der Waals surface area contributed by atoms with Crippen molar-refractivity contribution in [3.63, 3.8) is 0 Å². The van der Waals surface area contributed by atoms with Crippen molar-refractivity contribution in [2.75, 3.05) is 50.6 Å². The second-order valence-electron chi connectivity index (χ2n) is 5.73. The van der Waals surface area contributed by atoms with Crippen molar-refractivity contribution in [1.29, 1.82) is 0 Å². The summed E-state index contributed by atoms with van der Waals surface area (Å²) in [4.78, 5) is 17.6. The predicted octanol–water partition coefficient (Wildman–Crippen LogP) is 3.52. The van der Waals surface area contributed by atoms with Crippen LogP contribution >= 0.6 is 27.3 Å². The number of nitrogens with one attached hydrogen (secondary N) is 1. The maximum Gasteiger partial charge on any atom is 0.265 e. The molecule has 0 unspecified atom stereocenters. The molecule has 0 atom stereocenters. The van der Waals surface area contributed by atoms with Crippen LogP contribution in [0.2, 0.25) is 0 Å². The van der Waals surface area contributed by atoms with Gasteiger partial charge in [-0.2, -0.15) is 0 Å². The van der Waals surface area contributed by atoms with Gasteiger partial charge in [0.15, 0.2) is 5.75 Å². The zero-order valence-corrected chi connectivity index (χ0v) is 16.1. The predicted molar refractivity (Wildman–Crippen MR) is 103 cm³/mol. The number of hydrogen-bond acceptors (Lipinski definition) is 5. The molecule has 0 aliphatic carbocycles. The molecule has 7 heteroatoms. The Hall–Kier alpha value is -1.57. The van der Waals surface area contributed by atoms with E-state index >= 15 is 0 Å².